The summed E-state index contributed by atoms with van der Waals surface area (Å²) in [6, 6.07) is 7.14. The van der Waals surface area contributed by atoms with Crippen LogP contribution < -0.4 is 11.1 Å². The van der Waals surface area contributed by atoms with Gasteiger partial charge in [0, 0.05) is 11.5 Å². The zero-order valence-corrected chi connectivity index (χ0v) is 15.1. The van der Waals surface area contributed by atoms with Crippen LogP contribution in [-0.2, 0) is 5.41 Å². The van der Waals surface area contributed by atoms with Gasteiger partial charge in [0.1, 0.15) is 5.82 Å². The van der Waals surface area contributed by atoms with Gasteiger partial charge in [-0.1, -0.05) is 25.0 Å². The van der Waals surface area contributed by atoms with Crippen molar-refractivity contribution in [2.24, 2.45) is 10.7 Å². The van der Waals surface area contributed by atoms with Crippen molar-refractivity contribution >= 4 is 29.9 Å². The van der Waals surface area contributed by atoms with Crippen LogP contribution in [0.1, 0.15) is 45.1 Å². The minimum Gasteiger partial charge on any atom is -0.370 e. The SMILES string of the molecule is CC(C)NC(N)=NCC1(c2ccc(F)cc2)CCCC1.I. The fourth-order valence-electron chi connectivity index (χ4n) is 2.97. The predicted molar refractivity (Wildman–Crippen MR) is 96.7 cm³/mol. The highest BCUT2D eigenvalue weighted by Crippen LogP contribution is 2.41. The topological polar surface area (TPSA) is 50.4 Å². The van der Waals surface area contributed by atoms with E-state index in [-0.39, 0.29) is 41.3 Å². The summed E-state index contributed by atoms with van der Waals surface area (Å²) in [7, 11) is 0. The molecule has 0 aromatic heterocycles. The molecule has 118 valence electrons. The molecular formula is C16H25FIN3. The molecule has 0 saturated heterocycles. The van der Waals surface area contributed by atoms with Crippen molar-refractivity contribution in [1.82, 2.24) is 5.32 Å². The van der Waals surface area contributed by atoms with E-state index in [1.165, 1.54) is 30.5 Å². The van der Waals surface area contributed by atoms with Crippen LogP contribution in [0.4, 0.5) is 4.39 Å². The van der Waals surface area contributed by atoms with E-state index in [9.17, 15) is 4.39 Å². The van der Waals surface area contributed by atoms with Crippen LogP contribution >= 0.6 is 24.0 Å². The Morgan fingerprint density at radius 2 is 1.86 bits per heavy atom. The van der Waals surface area contributed by atoms with Gasteiger partial charge in [0.25, 0.3) is 0 Å². The lowest BCUT2D eigenvalue weighted by Gasteiger charge is -2.28. The summed E-state index contributed by atoms with van der Waals surface area (Å²) in [5.41, 5.74) is 7.10. The molecule has 3 nitrogen and oxygen atoms in total. The third kappa shape index (κ3) is 4.83. The molecule has 0 heterocycles. The first-order chi connectivity index (χ1) is 9.52. The number of rotatable bonds is 4. The van der Waals surface area contributed by atoms with Crippen LogP contribution in [-0.4, -0.2) is 18.5 Å². The normalized spacial score (nSPS) is 17.6. The van der Waals surface area contributed by atoms with Gasteiger partial charge in [-0.05, 0) is 44.4 Å². The molecule has 1 saturated carbocycles. The van der Waals surface area contributed by atoms with Gasteiger partial charge in [0.15, 0.2) is 5.96 Å². The molecule has 1 fully saturated rings. The Labute approximate surface area is 143 Å². The Morgan fingerprint density at radius 3 is 2.38 bits per heavy atom. The standard InChI is InChI=1S/C16H24FN3.HI/c1-12(2)20-15(18)19-11-16(9-3-4-10-16)13-5-7-14(17)8-6-13;/h5-8,12H,3-4,9-11H2,1-2H3,(H3,18,19,20);1H. The molecule has 1 aromatic carbocycles. The highest BCUT2D eigenvalue weighted by Gasteiger charge is 2.35. The average Bonchev–Trinajstić information content (AvgIpc) is 2.86. The van der Waals surface area contributed by atoms with Crippen molar-refractivity contribution in [3.05, 3.63) is 35.6 Å². The third-order valence-electron chi connectivity index (χ3n) is 4.01. The summed E-state index contributed by atoms with van der Waals surface area (Å²) in [6.45, 7) is 4.74. The Balaban J connectivity index is 0.00000220. The molecule has 3 N–H and O–H groups in total. The molecule has 0 atom stereocenters. The van der Waals surface area contributed by atoms with Gasteiger partial charge < -0.3 is 11.1 Å². The molecule has 0 bridgehead atoms. The average molecular weight is 405 g/mol. The number of halogens is 2. The molecule has 0 spiro atoms. The first kappa shape index (κ1) is 18.2. The minimum absolute atomic E-state index is 0. The molecule has 21 heavy (non-hydrogen) atoms. The lowest BCUT2D eigenvalue weighted by atomic mass is 9.79. The largest absolute Gasteiger partial charge is 0.370 e. The third-order valence-corrected chi connectivity index (χ3v) is 4.01. The lowest BCUT2D eigenvalue weighted by molar-refractivity contribution is 0.452. The summed E-state index contributed by atoms with van der Waals surface area (Å²) in [5.74, 6) is 0.305. The monoisotopic (exact) mass is 405 g/mol. The number of guanidine groups is 1. The fourth-order valence-corrected chi connectivity index (χ4v) is 2.97. The zero-order chi connectivity index (χ0) is 14.6. The zero-order valence-electron chi connectivity index (χ0n) is 12.7. The van der Waals surface area contributed by atoms with E-state index in [2.05, 4.69) is 10.3 Å². The maximum absolute atomic E-state index is 13.1. The summed E-state index contributed by atoms with van der Waals surface area (Å²) < 4.78 is 13.1. The maximum atomic E-state index is 13.1. The molecular weight excluding hydrogens is 380 g/mol. The van der Waals surface area contributed by atoms with Crippen LogP contribution in [0.5, 0.6) is 0 Å². The minimum atomic E-state index is -0.189. The van der Waals surface area contributed by atoms with E-state index in [0.29, 0.717) is 12.5 Å². The van der Waals surface area contributed by atoms with Crippen LogP contribution in [0, 0.1) is 5.82 Å². The molecule has 5 heteroatoms. The number of hydrogen-bond donors (Lipinski definition) is 2. The molecule has 1 aliphatic carbocycles. The van der Waals surface area contributed by atoms with Gasteiger partial charge in [-0.15, -0.1) is 24.0 Å². The molecule has 0 aliphatic heterocycles. The predicted octanol–water partition coefficient (Wildman–Crippen LogP) is 3.57. The summed E-state index contributed by atoms with van der Waals surface area (Å²) in [5, 5.41) is 3.11. The quantitative estimate of drug-likeness (QED) is 0.457. The van der Waals surface area contributed by atoms with Crippen molar-refractivity contribution in [2.45, 2.75) is 51.0 Å². The Bertz CT molecular complexity index is 465. The summed E-state index contributed by atoms with van der Waals surface area (Å²) in [6.07, 6.45) is 4.59. The molecule has 1 aliphatic rings. The van der Waals surface area contributed by atoms with Crippen molar-refractivity contribution in [1.29, 1.82) is 0 Å². The van der Waals surface area contributed by atoms with Gasteiger partial charge in [-0.25, -0.2) is 4.39 Å². The van der Waals surface area contributed by atoms with Gasteiger partial charge in [-0.3, -0.25) is 4.99 Å². The second-order valence-electron chi connectivity index (χ2n) is 5.99. The smallest absolute Gasteiger partial charge is 0.188 e. The number of nitrogens with two attached hydrogens (primary N) is 1. The van der Waals surface area contributed by atoms with Crippen molar-refractivity contribution in [3.63, 3.8) is 0 Å². The van der Waals surface area contributed by atoms with Crippen LogP contribution in [0.15, 0.2) is 29.3 Å². The van der Waals surface area contributed by atoms with Crippen molar-refractivity contribution in [3.8, 4) is 0 Å². The number of nitrogens with one attached hydrogen (secondary N) is 1. The van der Waals surface area contributed by atoms with E-state index in [4.69, 9.17) is 5.73 Å². The molecule has 0 unspecified atom stereocenters. The Kier molecular flexibility index (Phi) is 6.90. The van der Waals surface area contributed by atoms with Gasteiger partial charge in [-0.2, -0.15) is 0 Å². The number of benzene rings is 1. The molecule has 0 amide bonds. The molecule has 1 aromatic rings. The van der Waals surface area contributed by atoms with Gasteiger partial charge >= 0.3 is 0 Å². The first-order valence-corrected chi connectivity index (χ1v) is 7.34. The van der Waals surface area contributed by atoms with E-state index in [1.807, 2.05) is 26.0 Å². The fraction of sp³-hybridized carbons (Fsp3) is 0.562. The van der Waals surface area contributed by atoms with E-state index in [0.717, 1.165) is 12.8 Å². The maximum Gasteiger partial charge on any atom is 0.188 e. The van der Waals surface area contributed by atoms with E-state index in [1.54, 1.807) is 0 Å². The van der Waals surface area contributed by atoms with Gasteiger partial charge in [0.05, 0.1) is 6.54 Å². The first-order valence-electron chi connectivity index (χ1n) is 7.34. The highest BCUT2D eigenvalue weighted by atomic mass is 127. The van der Waals surface area contributed by atoms with Crippen LogP contribution in [0.2, 0.25) is 0 Å². The molecule has 0 radical (unpaired) electrons. The van der Waals surface area contributed by atoms with E-state index < -0.39 is 0 Å². The van der Waals surface area contributed by atoms with Gasteiger partial charge in [0.2, 0.25) is 0 Å². The second kappa shape index (κ2) is 7.96. The molecule has 2 rings (SSSR count). The van der Waals surface area contributed by atoms with Crippen LogP contribution in [0.3, 0.4) is 0 Å². The number of aliphatic imine (C=N–C) groups is 1. The second-order valence-corrected chi connectivity index (χ2v) is 5.99. The van der Waals surface area contributed by atoms with Crippen molar-refractivity contribution in [2.75, 3.05) is 6.54 Å². The lowest BCUT2D eigenvalue weighted by Crippen LogP contribution is -2.38. The van der Waals surface area contributed by atoms with E-state index >= 15 is 0 Å². The highest BCUT2D eigenvalue weighted by molar-refractivity contribution is 14.0. The van der Waals surface area contributed by atoms with Crippen LogP contribution in [0.25, 0.3) is 0 Å². The summed E-state index contributed by atoms with van der Waals surface area (Å²) in [4.78, 5) is 4.51. The number of nitrogens with zero attached hydrogens (tertiary/aromatic N) is 1. The van der Waals surface area contributed by atoms with Crippen molar-refractivity contribution < 1.29 is 4.39 Å². The Morgan fingerprint density at radius 1 is 1.29 bits per heavy atom. The summed E-state index contributed by atoms with van der Waals surface area (Å²) >= 11 is 0. The Hall–Kier alpha value is -0.850. The number of hydrogen-bond acceptors (Lipinski definition) is 1.